The average molecular weight is 358 g/mol. The first-order chi connectivity index (χ1) is 12.0. The number of carbonyl (C=O) groups is 2. The van der Waals surface area contributed by atoms with E-state index in [1.165, 1.54) is 23.9 Å². The molecule has 0 spiro atoms. The second kappa shape index (κ2) is 7.27. The average Bonchev–Trinajstić information content (AvgIpc) is 2.98. The molecule has 0 aromatic heterocycles. The summed E-state index contributed by atoms with van der Waals surface area (Å²) in [5.74, 6) is -0.0696. The summed E-state index contributed by atoms with van der Waals surface area (Å²) in [4.78, 5) is 25.7. The maximum Gasteiger partial charge on any atom is 0.238 e. The summed E-state index contributed by atoms with van der Waals surface area (Å²) < 4.78 is 13.2. The first-order valence-corrected chi connectivity index (χ1v) is 9.10. The van der Waals surface area contributed by atoms with Gasteiger partial charge in [-0.2, -0.15) is 0 Å². The van der Waals surface area contributed by atoms with Crippen LogP contribution in [0, 0.1) is 11.7 Å². The van der Waals surface area contributed by atoms with Gasteiger partial charge in [0.05, 0.1) is 5.75 Å². The molecule has 0 saturated carbocycles. The predicted molar refractivity (Wildman–Crippen MR) is 99.0 cm³/mol. The molecule has 130 valence electrons. The van der Waals surface area contributed by atoms with Crippen LogP contribution in [-0.2, 0) is 9.59 Å². The van der Waals surface area contributed by atoms with Crippen molar-refractivity contribution in [3.05, 3.63) is 59.9 Å². The first-order valence-electron chi connectivity index (χ1n) is 8.06. The van der Waals surface area contributed by atoms with Gasteiger partial charge < -0.3 is 5.32 Å². The maximum absolute atomic E-state index is 13.2. The largest absolute Gasteiger partial charge is 0.326 e. The lowest BCUT2D eigenvalue weighted by Gasteiger charge is -2.24. The van der Waals surface area contributed by atoms with Gasteiger partial charge in [-0.15, -0.1) is 11.8 Å². The highest BCUT2D eigenvalue weighted by Gasteiger charge is 2.34. The fourth-order valence-electron chi connectivity index (χ4n) is 2.57. The first kappa shape index (κ1) is 17.5. The van der Waals surface area contributed by atoms with Gasteiger partial charge in [-0.05, 0) is 42.0 Å². The minimum absolute atomic E-state index is 0.00112. The SMILES string of the molecule is CC(C)C(=O)Nc1ccc([C@@H]2SCC(=O)N2c2ccc(F)cc2)cc1. The van der Waals surface area contributed by atoms with E-state index >= 15 is 0 Å². The van der Waals surface area contributed by atoms with Crippen molar-refractivity contribution in [1.29, 1.82) is 0 Å². The Labute approximate surface area is 150 Å². The van der Waals surface area contributed by atoms with Gasteiger partial charge in [-0.1, -0.05) is 26.0 Å². The van der Waals surface area contributed by atoms with Crippen LogP contribution in [0.5, 0.6) is 0 Å². The molecule has 0 radical (unpaired) electrons. The van der Waals surface area contributed by atoms with Crippen molar-refractivity contribution in [2.75, 3.05) is 16.0 Å². The molecule has 4 nitrogen and oxygen atoms in total. The summed E-state index contributed by atoms with van der Waals surface area (Å²) in [6, 6.07) is 13.4. The Bertz CT molecular complexity index is 775. The van der Waals surface area contributed by atoms with Crippen LogP contribution in [0.15, 0.2) is 48.5 Å². The topological polar surface area (TPSA) is 49.4 Å². The molecule has 1 fully saturated rings. The zero-order valence-electron chi connectivity index (χ0n) is 14.0. The van der Waals surface area contributed by atoms with Crippen molar-refractivity contribution < 1.29 is 14.0 Å². The number of thioether (sulfide) groups is 1. The third kappa shape index (κ3) is 3.85. The van der Waals surface area contributed by atoms with Crippen molar-refractivity contribution in [3.63, 3.8) is 0 Å². The zero-order chi connectivity index (χ0) is 18.0. The summed E-state index contributed by atoms with van der Waals surface area (Å²) in [5.41, 5.74) is 2.37. The molecular weight excluding hydrogens is 339 g/mol. The van der Waals surface area contributed by atoms with Gasteiger partial charge in [-0.3, -0.25) is 14.5 Å². The van der Waals surface area contributed by atoms with E-state index in [2.05, 4.69) is 5.32 Å². The van der Waals surface area contributed by atoms with Crippen molar-refractivity contribution in [2.24, 2.45) is 5.92 Å². The van der Waals surface area contributed by atoms with E-state index in [1.54, 1.807) is 17.0 Å². The van der Waals surface area contributed by atoms with E-state index in [0.717, 1.165) is 11.3 Å². The Hall–Kier alpha value is -2.34. The van der Waals surface area contributed by atoms with Gasteiger partial charge in [0.15, 0.2) is 0 Å². The monoisotopic (exact) mass is 358 g/mol. The van der Waals surface area contributed by atoms with Crippen LogP contribution in [0.4, 0.5) is 15.8 Å². The highest BCUT2D eigenvalue weighted by molar-refractivity contribution is 8.00. The molecule has 1 N–H and O–H groups in total. The summed E-state index contributed by atoms with van der Waals surface area (Å²) in [7, 11) is 0. The number of nitrogens with one attached hydrogen (secondary N) is 1. The molecule has 1 atom stereocenters. The van der Waals surface area contributed by atoms with Crippen molar-refractivity contribution in [1.82, 2.24) is 0 Å². The van der Waals surface area contributed by atoms with E-state index in [4.69, 9.17) is 0 Å². The zero-order valence-corrected chi connectivity index (χ0v) is 14.8. The molecule has 0 bridgehead atoms. The summed E-state index contributed by atoms with van der Waals surface area (Å²) in [5, 5.41) is 2.69. The molecule has 1 heterocycles. The minimum atomic E-state index is -0.329. The van der Waals surface area contributed by atoms with Crippen molar-refractivity contribution in [3.8, 4) is 0 Å². The molecule has 2 amide bonds. The lowest BCUT2D eigenvalue weighted by molar-refractivity contribution is -0.119. The highest BCUT2D eigenvalue weighted by atomic mass is 32.2. The Balaban J connectivity index is 1.81. The lowest BCUT2D eigenvalue weighted by atomic mass is 10.1. The van der Waals surface area contributed by atoms with Gasteiger partial charge in [0.2, 0.25) is 11.8 Å². The van der Waals surface area contributed by atoms with Gasteiger partial charge in [0, 0.05) is 17.3 Å². The minimum Gasteiger partial charge on any atom is -0.326 e. The lowest BCUT2D eigenvalue weighted by Crippen LogP contribution is -2.27. The quantitative estimate of drug-likeness (QED) is 0.891. The van der Waals surface area contributed by atoms with Crippen LogP contribution in [-0.4, -0.2) is 17.6 Å². The maximum atomic E-state index is 13.2. The molecule has 1 saturated heterocycles. The Kier molecular flexibility index (Phi) is 5.08. The number of rotatable bonds is 4. The van der Waals surface area contributed by atoms with E-state index in [0.29, 0.717) is 11.4 Å². The number of amides is 2. The third-order valence-electron chi connectivity index (χ3n) is 3.96. The normalized spacial score (nSPS) is 17.2. The molecule has 3 rings (SSSR count). The van der Waals surface area contributed by atoms with Crippen LogP contribution in [0.1, 0.15) is 24.8 Å². The van der Waals surface area contributed by atoms with Crippen LogP contribution in [0.2, 0.25) is 0 Å². The summed E-state index contributed by atoms with van der Waals surface area (Å²) in [6.07, 6.45) is 0. The Morgan fingerprint density at radius 2 is 1.80 bits per heavy atom. The third-order valence-corrected chi connectivity index (χ3v) is 5.17. The van der Waals surface area contributed by atoms with Crippen LogP contribution < -0.4 is 10.2 Å². The summed E-state index contributed by atoms with van der Waals surface area (Å²) >= 11 is 1.53. The molecule has 0 unspecified atom stereocenters. The number of nitrogens with zero attached hydrogens (tertiary/aromatic N) is 1. The second-order valence-corrected chi connectivity index (χ2v) is 7.24. The molecule has 0 aliphatic carbocycles. The standard InChI is InChI=1S/C19H19FN2O2S/c1-12(2)18(24)21-15-7-3-13(4-8-15)19-22(17(23)11-25-19)16-9-5-14(20)6-10-16/h3-10,12,19H,11H2,1-2H3,(H,21,24)/t19-/m0/s1. The number of carbonyl (C=O) groups excluding carboxylic acids is 2. The highest BCUT2D eigenvalue weighted by Crippen LogP contribution is 2.41. The Morgan fingerprint density at radius 1 is 1.16 bits per heavy atom. The van der Waals surface area contributed by atoms with Crippen LogP contribution in [0.25, 0.3) is 0 Å². The number of benzene rings is 2. The molecular formula is C19H19FN2O2S. The smallest absolute Gasteiger partial charge is 0.238 e. The second-order valence-electron chi connectivity index (χ2n) is 6.17. The van der Waals surface area contributed by atoms with Gasteiger partial charge in [-0.25, -0.2) is 4.39 Å². The summed E-state index contributed by atoms with van der Waals surface area (Å²) in [6.45, 7) is 3.68. The fraction of sp³-hybridized carbons (Fsp3) is 0.263. The van der Waals surface area contributed by atoms with E-state index in [9.17, 15) is 14.0 Å². The molecule has 1 aliphatic heterocycles. The molecule has 1 aliphatic rings. The van der Waals surface area contributed by atoms with E-state index in [-0.39, 0.29) is 28.9 Å². The molecule has 2 aromatic rings. The van der Waals surface area contributed by atoms with E-state index in [1.807, 2.05) is 38.1 Å². The molecule has 25 heavy (non-hydrogen) atoms. The van der Waals surface area contributed by atoms with Gasteiger partial charge in [0.1, 0.15) is 11.2 Å². The number of anilines is 2. The van der Waals surface area contributed by atoms with E-state index < -0.39 is 0 Å². The van der Waals surface area contributed by atoms with Crippen LogP contribution >= 0.6 is 11.8 Å². The number of hydrogen-bond donors (Lipinski definition) is 1. The van der Waals surface area contributed by atoms with Crippen molar-refractivity contribution in [2.45, 2.75) is 19.2 Å². The molecule has 2 aromatic carbocycles. The fourth-order valence-corrected chi connectivity index (χ4v) is 3.75. The van der Waals surface area contributed by atoms with Gasteiger partial charge in [0.25, 0.3) is 0 Å². The van der Waals surface area contributed by atoms with Gasteiger partial charge >= 0.3 is 0 Å². The van der Waals surface area contributed by atoms with Crippen LogP contribution in [0.3, 0.4) is 0 Å². The Morgan fingerprint density at radius 3 is 2.40 bits per heavy atom. The number of hydrogen-bond acceptors (Lipinski definition) is 3. The molecule has 6 heteroatoms. The van der Waals surface area contributed by atoms with Crippen molar-refractivity contribution >= 4 is 35.0 Å². The predicted octanol–water partition coefficient (Wildman–Crippen LogP) is 4.20. The number of halogens is 1.